The fourth-order valence-electron chi connectivity index (χ4n) is 2.33. The lowest BCUT2D eigenvalue weighted by atomic mass is 10.0. The van der Waals surface area contributed by atoms with Gasteiger partial charge in [0, 0.05) is 25.7 Å². The van der Waals surface area contributed by atoms with Crippen LogP contribution in [0.4, 0.5) is 0 Å². The smallest absolute Gasteiger partial charge is 0.0967 e. The predicted octanol–water partition coefficient (Wildman–Crippen LogP) is 1.85. The third-order valence-corrected chi connectivity index (χ3v) is 3.49. The molecule has 0 aliphatic carbocycles. The van der Waals surface area contributed by atoms with Crippen LogP contribution >= 0.6 is 0 Å². The van der Waals surface area contributed by atoms with E-state index in [1.165, 1.54) is 13.1 Å². The topological polar surface area (TPSA) is 39.1 Å². The molecule has 0 bridgehead atoms. The molecule has 3 atom stereocenters. The molecule has 0 aromatic heterocycles. The molecule has 92 valence electrons. The molecule has 1 saturated heterocycles. The van der Waals surface area contributed by atoms with Crippen LogP contribution < -0.4 is 5.32 Å². The first-order valence-corrected chi connectivity index (χ1v) is 6.41. The molecule has 1 aliphatic rings. The van der Waals surface area contributed by atoms with Gasteiger partial charge in [-0.25, -0.2) is 0 Å². The summed E-state index contributed by atoms with van der Waals surface area (Å²) in [5, 5.41) is 12.3. The highest BCUT2D eigenvalue weighted by atomic mass is 15.2. The summed E-state index contributed by atoms with van der Waals surface area (Å²) in [5.41, 5.74) is 0. The van der Waals surface area contributed by atoms with E-state index in [4.69, 9.17) is 5.26 Å². The van der Waals surface area contributed by atoms with E-state index in [0.717, 1.165) is 24.8 Å². The normalized spacial score (nSPS) is 28.2. The summed E-state index contributed by atoms with van der Waals surface area (Å²) in [6.45, 7) is 12.3. The molecule has 16 heavy (non-hydrogen) atoms. The molecule has 3 unspecified atom stereocenters. The van der Waals surface area contributed by atoms with Gasteiger partial charge in [-0.2, -0.15) is 5.26 Å². The lowest BCUT2D eigenvalue weighted by Crippen LogP contribution is -2.36. The van der Waals surface area contributed by atoms with Crippen LogP contribution in [0.25, 0.3) is 0 Å². The zero-order valence-corrected chi connectivity index (χ0v) is 11.0. The Kier molecular flexibility index (Phi) is 5.24. The van der Waals surface area contributed by atoms with Gasteiger partial charge in [0.2, 0.25) is 0 Å². The lowest BCUT2D eigenvalue weighted by molar-refractivity contribution is 0.305. The van der Waals surface area contributed by atoms with E-state index in [0.29, 0.717) is 6.04 Å². The van der Waals surface area contributed by atoms with E-state index in [1.807, 2.05) is 0 Å². The zero-order chi connectivity index (χ0) is 12.1. The Labute approximate surface area is 99.8 Å². The van der Waals surface area contributed by atoms with Crippen molar-refractivity contribution in [2.24, 2.45) is 11.8 Å². The van der Waals surface area contributed by atoms with Crippen molar-refractivity contribution in [2.75, 3.05) is 19.6 Å². The monoisotopic (exact) mass is 223 g/mol. The number of likely N-dealkylation sites (tertiary alicyclic amines) is 1. The maximum Gasteiger partial charge on any atom is 0.0967 e. The summed E-state index contributed by atoms with van der Waals surface area (Å²) in [5.74, 6) is 1.61. The number of nitriles is 1. The van der Waals surface area contributed by atoms with Crippen LogP contribution in [0.15, 0.2) is 0 Å². The van der Waals surface area contributed by atoms with Crippen LogP contribution in [0.5, 0.6) is 0 Å². The molecule has 3 heteroatoms. The van der Waals surface area contributed by atoms with Crippen molar-refractivity contribution in [3.05, 3.63) is 0 Å². The first-order valence-electron chi connectivity index (χ1n) is 6.41. The van der Waals surface area contributed by atoms with E-state index >= 15 is 0 Å². The van der Waals surface area contributed by atoms with E-state index < -0.39 is 0 Å². The molecule has 0 radical (unpaired) electrons. The van der Waals surface area contributed by atoms with Gasteiger partial charge in [-0.15, -0.1) is 0 Å². The molecular formula is C13H25N3. The Hall–Kier alpha value is -0.590. The molecule has 0 amide bonds. The van der Waals surface area contributed by atoms with Crippen LogP contribution in [0.1, 0.15) is 34.1 Å². The molecule has 1 N–H and O–H groups in total. The third-order valence-electron chi connectivity index (χ3n) is 3.49. The fourth-order valence-corrected chi connectivity index (χ4v) is 2.33. The molecule has 0 spiro atoms. The van der Waals surface area contributed by atoms with E-state index in [9.17, 15) is 0 Å². The van der Waals surface area contributed by atoms with Crippen LogP contribution in [0.2, 0.25) is 0 Å². The second-order valence-corrected chi connectivity index (χ2v) is 5.51. The minimum atomic E-state index is 0.00575. The highest BCUT2D eigenvalue weighted by molar-refractivity contribution is 4.92. The van der Waals surface area contributed by atoms with Gasteiger partial charge in [0.1, 0.15) is 0 Å². The van der Waals surface area contributed by atoms with E-state index in [-0.39, 0.29) is 6.04 Å². The summed E-state index contributed by atoms with van der Waals surface area (Å²) in [6, 6.07) is 2.74. The second-order valence-electron chi connectivity index (χ2n) is 5.51. The van der Waals surface area contributed by atoms with E-state index in [1.54, 1.807) is 0 Å². The van der Waals surface area contributed by atoms with Gasteiger partial charge in [-0.3, -0.25) is 5.32 Å². The van der Waals surface area contributed by atoms with Gasteiger partial charge < -0.3 is 4.90 Å². The molecule has 1 aliphatic heterocycles. The van der Waals surface area contributed by atoms with E-state index in [2.05, 4.69) is 44.0 Å². The van der Waals surface area contributed by atoms with Gasteiger partial charge >= 0.3 is 0 Å². The van der Waals surface area contributed by atoms with Crippen LogP contribution in [-0.4, -0.2) is 36.6 Å². The van der Waals surface area contributed by atoms with Crippen molar-refractivity contribution in [3.63, 3.8) is 0 Å². The molecule has 1 rings (SSSR count). The molecule has 0 aromatic carbocycles. The van der Waals surface area contributed by atoms with Crippen molar-refractivity contribution in [2.45, 2.75) is 46.2 Å². The third kappa shape index (κ3) is 4.11. The average molecular weight is 223 g/mol. The number of nitrogens with one attached hydrogen (secondary N) is 1. The predicted molar refractivity (Wildman–Crippen MR) is 67.1 cm³/mol. The first-order chi connectivity index (χ1) is 7.52. The second kappa shape index (κ2) is 6.22. The average Bonchev–Trinajstić information content (AvgIpc) is 2.53. The SMILES string of the molecule is CC(C)NC(C#N)CCN1CC(C)C(C)C1. The molecule has 0 aromatic rings. The first kappa shape index (κ1) is 13.5. The summed E-state index contributed by atoms with van der Waals surface area (Å²) in [6.07, 6.45) is 0.939. The van der Waals surface area contributed by atoms with Gasteiger partial charge in [0.25, 0.3) is 0 Å². The summed E-state index contributed by atoms with van der Waals surface area (Å²) < 4.78 is 0. The van der Waals surface area contributed by atoms with Gasteiger partial charge in [0.15, 0.2) is 0 Å². The van der Waals surface area contributed by atoms with Crippen molar-refractivity contribution in [1.29, 1.82) is 5.26 Å². The standard InChI is InChI=1S/C13H25N3/c1-10(2)15-13(7-14)5-6-16-8-11(3)12(4)9-16/h10-13,15H,5-6,8-9H2,1-4H3. The van der Waals surface area contributed by atoms with Gasteiger partial charge in [0.05, 0.1) is 12.1 Å². The molecule has 1 fully saturated rings. The van der Waals surface area contributed by atoms with Gasteiger partial charge in [-0.05, 0) is 32.1 Å². The largest absolute Gasteiger partial charge is 0.303 e. The Morgan fingerprint density at radius 1 is 1.31 bits per heavy atom. The Morgan fingerprint density at radius 3 is 2.31 bits per heavy atom. The minimum absolute atomic E-state index is 0.00575. The Bertz CT molecular complexity index is 234. The lowest BCUT2D eigenvalue weighted by Gasteiger charge is -2.19. The maximum absolute atomic E-state index is 9.02. The molecular weight excluding hydrogens is 198 g/mol. The highest BCUT2D eigenvalue weighted by Crippen LogP contribution is 2.22. The highest BCUT2D eigenvalue weighted by Gasteiger charge is 2.26. The number of nitrogens with zero attached hydrogens (tertiary/aromatic N) is 2. The van der Waals surface area contributed by atoms with Crippen LogP contribution in [0.3, 0.4) is 0 Å². The Balaban J connectivity index is 2.26. The van der Waals surface area contributed by atoms with Crippen molar-refractivity contribution >= 4 is 0 Å². The molecule has 0 saturated carbocycles. The fraction of sp³-hybridized carbons (Fsp3) is 0.923. The van der Waals surface area contributed by atoms with Crippen molar-refractivity contribution in [3.8, 4) is 6.07 Å². The number of hydrogen-bond acceptors (Lipinski definition) is 3. The summed E-state index contributed by atoms with van der Waals surface area (Å²) >= 11 is 0. The number of hydrogen-bond donors (Lipinski definition) is 1. The quantitative estimate of drug-likeness (QED) is 0.773. The van der Waals surface area contributed by atoms with Crippen LogP contribution in [-0.2, 0) is 0 Å². The maximum atomic E-state index is 9.02. The summed E-state index contributed by atoms with van der Waals surface area (Å²) in [4.78, 5) is 2.49. The molecule has 3 nitrogen and oxygen atoms in total. The van der Waals surface area contributed by atoms with Crippen molar-refractivity contribution in [1.82, 2.24) is 10.2 Å². The number of rotatable bonds is 5. The Morgan fingerprint density at radius 2 is 1.88 bits per heavy atom. The molecule has 1 heterocycles. The zero-order valence-electron chi connectivity index (χ0n) is 11.0. The van der Waals surface area contributed by atoms with Gasteiger partial charge in [-0.1, -0.05) is 13.8 Å². The van der Waals surface area contributed by atoms with Crippen molar-refractivity contribution < 1.29 is 0 Å². The van der Waals surface area contributed by atoms with Crippen LogP contribution in [0, 0.1) is 23.2 Å². The summed E-state index contributed by atoms with van der Waals surface area (Å²) in [7, 11) is 0. The minimum Gasteiger partial charge on any atom is -0.303 e.